The third-order valence-corrected chi connectivity index (χ3v) is 8.13. The van der Waals surface area contributed by atoms with Gasteiger partial charge in [0.1, 0.15) is 0 Å². The lowest BCUT2D eigenvalue weighted by Gasteiger charge is -2.27. The molecular weight excluding hydrogens is 358 g/mol. The van der Waals surface area contributed by atoms with Crippen molar-refractivity contribution < 1.29 is 17.9 Å². The Bertz CT molecular complexity index is 685. The molecule has 0 N–H and O–H groups in total. The van der Waals surface area contributed by atoms with E-state index in [0.29, 0.717) is 19.6 Å². The molecule has 0 saturated carbocycles. The molecular formula is C18H27NO4S2. The van der Waals surface area contributed by atoms with Crippen LogP contribution < -0.4 is 0 Å². The largest absolute Gasteiger partial charge is 0.383 e. The molecule has 2 aliphatic rings. The number of ether oxygens (including phenoxy) is 1. The summed E-state index contributed by atoms with van der Waals surface area (Å²) in [6.45, 7) is 0.867. The van der Waals surface area contributed by atoms with Gasteiger partial charge in [0.15, 0.2) is 9.84 Å². The number of carbonyl (C=O) groups is 1. The average Bonchev–Trinajstić information content (AvgIpc) is 3.10. The molecule has 5 nitrogen and oxygen atoms in total. The van der Waals surface area contributed by atoms with Crippen molar-refractivity contribution >= 4 is 27.1 Å². The zero-order valence-corrected chi connectivity index (χ0v) is 16.5. The van der Waals surface area contributed by atoms with Crippen molar-refractivity contribution in [1.29, 1.82) is 0 Å². The van der Waals surface area contributed by atoms with E-state index in [9.17, 15) is 13.2 Å². The van der Waals surface area contributed by atoms with E-state index in [2.05, 4.69) is 6.07 Å². The first-order valence-corrected chi connectivity index (χ1v) is 11.8. The summed E-state index contributed by atoms with van der Waals surface area (Å²) in [6, 6.07) is 1.83. The molecule has 25 heavy (non-hydrogen) atoms. The van der Waals surface area contributed by atoms with Crippen molar-refractivity contribution in [3.8, 4) is 0 Å². The van der Waals surface area contributed by atoms with E-state index < -0.39 is 9.84 Å². The van der Waals surface area contributed by atoms with Gasteiger partial charge in [-0.2, -0.15) is 0 Å². The second-order valence-electron chi connectivity index (χ2n) is 7.02. The second kappa shape index (κ2) is 8.18. The number of rotatable bonds is 5. The number of carbonyl (C=O) groups excluding carboxylic acids is 1. The highest BCUT2D eigenvalue weighted by atomic mass is 32.2. The van der Waals surface area contributed by atoms with E-state index in [-0.39, 0.29) is 23.5 Å². The maximum atomic E-state index is 13.1. The van der Waals surface area contributed by atoms with Gasteiger partial charge in [-0.25, -0.2) is 8.42 Å². The highest BCUT2D eigenvalue weighted by molar-refractivity contribution is 7.91. The summed E-state index contributed by atoms with van der Waals surface area (Å²) in [4.78, 5) is 17.0. The zero-order chi connectivity index (χ0) is 17.9. The number of nitrogens with zero attached hydrogens (tertiary/aromatic N) is 1. The van der Waals surface area contributed by atoms with Gasteiger partial charge in [0.25, 0.3) is 5.91 Å². The summed E-state index contributed by atoms with van der Waals surface area (Å²) in [5, 5.41) is 0. The molecule has 1 fully saturated rings. The molecule has 0 radical (unpaired) electrons. The minimum Gasteiger partial charge on any atom is -0.383 e. The fourth-order valence-corrected chi connectivity index (χ4v) is 6.69. The summed E-state index contributed by atoms with van der Waals surface area (Å²) >= 11 is 1.61. The first-order chi connectivity index (χ1) is 12.0. The molecule has 2 heterocycles. The van der Waals surface area contributed by atoms with Gasteiger partial charge < -0.3 is 9.64 Å². The average molecular weight is 386 g/mol. The van der Waals surface area contributed by atoms with E-state index in [1.165, 1.54) is 36.1 Å². The zero-order valence-electron chi connectivity index (χ0n) is 14.8. The van der Waals surface area contributed by atoms with Crippen LogP contribution in [0.25, 0.3) is 0 Å². The number of sulfone groups is 1. The minimum absolute atomic E-state index is 0.0316. The number of methoxy groups -OCH3 is 1. The van der Waals surface area contributed by atoms with E-state index in [1.54, 1.807) is 23.3 Å². The van der Waals surface area contributed by atoms with E-state index in [0.717, 1.165) is 17.7 Å². The summed E-state index contributed by atoms with van der Waals surface area (Å²) in [5.41, 5.74) is 1.32. The fraction of sp³-hybridized carbons (Fsp3) is 0.722. The van der Waals surface area contributed by atoms with E-state index in [1.807, 2.05) is 0 Å². The third-order valence-electron chi connectivity index (χ3n) is 5.15. The van der Waals surface area contributed by atoms with Crippen molar-refractivity contribution in [2.75, 3.05) is 31.8 Å². The molecule has 1 saturated heterocycles. The Morgan fingerprint density at radius 3 is 2.72 bits per heavy atom. The Hall–Kier alpha value is -0.920. The van der Waals surface area contributed by atoms with Crippen LogP contribution in [0.15, 0.2) is 6.07 Å². The lowest BCUT2D eigenvalue weighted by atomic mass is 9.99. The van der Waals surface area contributed by atoms with Crippen LogP contribution >= 0.6 is 11.3 Å². The van der Waals surface area contributed by atoms with Crippen LogP contribution in [0.4, 0.5) is 0 Å². The lowest BCUT2D eigenvalue weighted by molar-refractivity contribution is 0.0629. The van der Waals surface area contributed by atoms with Crippen LogP contribution in [-0.2, 0) is 27.4 Å². The van der Waals surface area contributed by atoms with Crippen LogP contribution in [0.1, 0.15) is 52.2 Å². The van der Waals surface area contributed by atoms with Crippen molar-refractivity contribution in [3.05, 3.63) is 21.4 Å². The molecule has 1 atom stereocenters. The number of amides is 1. The molecule has 1 aromatic rings. The van der Waals surface area contributed by atoms with Crippen molar-refractivity contribution in [3.63, 3.8) is 0 Å². The van der Waals surface area contributed by atoms with Crippen molar-refractivity contribution in [2.45, 2.75) is 51.0 Å². The quantitative estimate of drug-likeness (QED) is 0.782. The van der Waals surface area contributed by atoms with Gasteiger partial charge in [-0.1, -0.05) is 12.8 Å². The molecule has 1 amide bonds. The normalized spacial score (nSPS) is 22.8. The van der Waals surface area contributed by atoms with Gasteiger partial charge in [-0.15, -0.1) is 11.3 Å². The Kier molecular flexibility index (Phi) is 6.17. The molecule has 0 spiro atoms. The first kappa shape index (κ1) is 18.9. The van der Waals surface area contributed by atoms with Gasteiger partial charge in [0, 0.05) is 24.6 Å². The smallest absolute Gasteiger partial charge is 0.264 e. The summed E-state index contributed by atoms with van der Waals surface area (Å²) < 4.78 is 28.8. The van der Waals surface area contributed by atoms with Crippen LogP contribution in [0.3, 0.4) is 0 Å². The van der Waals surface area contributed by atoms with Crippen LogP contribution in [-0.4, -0.2) is 57.0 Å². The standard InChI is InChI=1S/C18H27NO4S2/c1-23-10-9-19(15-8-11-25(21,22)13-15)18(20)17-12-14-6-4-2-3-5-7-16(14)24-17/h12,15H,2-11,13H2,1H3. The maximum absolute atomic E-state index is 13.1. The Morgan fingerprint density at radius 1 is 1.28 bits per heavy atom. The molecule has 1 aromatic heterocycles. The Labute approximate surface area is 154 Å². The molecule has 0 bridgehead atoms. The molecule has 1 aliphatic heterocycles. The molecule has 140 valence electrons. The number of thiophene rings is 1. The van der Waals surface area contributed by atoms with Crippen LogP contribution in [0, 0.1) is 0 Å². The van der Waals surface area contributed by atoms with Gasteiger partial charge in [0.05, 0.1) is 23.0 Å². The monoisotopic (exact) mass is 385 g/mol. The Morgan fingerprint density at radius 2 is 2.04 bits per heavy atom. The molecule has 7 heteroatoms. The van der Waals surface area contributed by atoms with Gasteiger partial charge in [0.2, 0.25) is 0 Å². The van der Waals surface area contributed by atoms with Crippen molar-refractivity contribution in [1.82, 2.24) is 4.90 Å². The van der Waals surface area contributed by atoms with Crippen LogP contribution in [0.2, 0.25) is 0 Å². The molecule has 1 aliphatic carbocycles. The molecule has 1 unspecified atom stereocenters. The van der Waals surface area contributed by atoms with Gasteiger partial charge in [-0.05, 0) is 43.7 Å². The summed E-state index contributed by atoms with van der Waals surface area (Å²) in [7, 11) is -1.42. The number of hydrogen-bond acceptors (Lipinski definition) is 5. The van der Waals surface area contributed by atoms with Crippen molar-refractivity contribution in [2.24, 2.45) is 0 Å². The van der Waals surface area contributed by atoms with E-state index >= 15 is 0 Å². The predicted octanol–water partition coefficient (Wildman–Crippen LogP) is 2.68. The Balaban J connectivity index is 1.81. The highest BCUT2D eigenvalue weighted by Crippen LogP contribution is 2.30. The number of fused-ring (bicyclic) bond motifs is 1. The van der Waals surface area contributed by atoms with Gasteiger partial charge in [-0.3, -0.25) is 4.79 Å². The SMILES string of the molecule is COCCN(C(=O)c1cc2c(s1)CCCCCC2)C1CCS(=O)(=O)C1. The second-order valence-corrected chi connectivity index (χ2v) is 10.4. The molecule has 0 aromatic carbocycles. The first-order valence-electron chi connectivity index (χ1n) is 9.12. The lowest BCUT2D eigenvalue weighted by Crippen LogP contribution is -2.42. The third kappa shape index (κ3) is 4.63. The number of aryl methyl sites for hydroxylation is 2. The highest BCUT2D eigenvalue weighted by Gasteiger charge is 2.35. The predicted molar refractivity (Wildman–Crippen MR) is 100 cm³/mol. The van der Waals surface area contributed by atoms with Crippen LogP contribution in [0.5, 0.6) is 0 Å². The van der Waals surface area contributed by atoms with E-state index in [4.69, 9.17) is 4.74 Å². The minimum atomic E-state index is -3.02. The number of hydrogen-bond donors (Lipinski definition) is 0. The maximum Gasteiger partial charge on any atom is 0.264 e. The summed E-state index contributed by atoms with van der Waals surface area (Å²) in [6.07, 6.45) is 7.54. The topological polar surface area (TPSA) is 63.7 Å². The van der Waals surface area contributed by atoms with Gasteiger partial charge >= 0.3 is 0 Å². The molecule has 3 rings (SSSR count). The summed E-state index contributed by atoms with van der Waals surface area (Å²) in [5.74, 6) is 0.221. The fourth-order valence-electron chi connectivity index (χ4n) is 3.75.